The van der Waals surface area contributed by atoms with Gasteiger partial charge in [0, 0.05) is 45.8 Å². The van der Waals surface area contributed by atoms with E-state index in [1.807, 2.05) is 32.7 Å². The summed E-state index contributed by atoms with van der Waals surface area (Å²) in [6.07, 6.45) is 2.64. The average molecular weight is 440 g/mol. The quantitative estimate of drug-likeness (QED) is 0.261. The number of guanidine groups is 1. The number of halogens is 1. The van der Waals surface area contributed by atoms with E-state index in [4.69, 9.17) is 4.74 Å². The SMILES string of the molecule is CN=C(NCCNC(=O)C(C)(C)C)N(C)CCOCC1CC1.I. The van der Waals surface area contributed by atoms with Crippen molar-refractivity contribution in [2.75, 3.05) is 46.9 Å². The highest BCUT2D eigenvalue weighted by Gasteiger charge is 2.21. The molecule has 1 rings (SSSR count). The molecule has 1 fully saturated rings. The van der Waals surface area contributed by atoms with E-state index >= 15 is 0 Å². The Morgan fingerprint density at radius 3 is 2.39 bits per heavy atom. The third-order valence-electron chi connectivity index (χ3n) is 3.57. The number of nitrogens with one attached hydrogen (secondary N) is 2. The molecular formula is C16H33IN4O2. The van der Waals surface area contributed by atoms with Crippen LogP contribution >= 0.6 is 24.0 Å². The number of ether oxygens (including phenoxy) is 1. The second-order valence-corrected chi connectivity index (χ2v) is 6.92. The van der Waals surface area contributed by atoms with Crippen molar-refractivity contribution < 1.29 is 9.53 Å². The molecule has 6 nitrogen and oxygen atoms in total. The molecule has 136 valence electrons. The van der Waals surface area contributed by atoms with Gasteiger partial charge in [-0.1, -0.05) is 20.8 Å². The molecule has 0 atom stereocenters. The Kier molecular flexibility index (Phi) is 10.8. The summed E-state index contributed by atoms with van der Waals surface area (Å²) in [4.78, 5) is 18.0. The van der Waals surface area contributed by atoms with Crippen molar-refractivity contribution in [2.45, 2.75) is 33.6 Å². The fourth-order valence-corrected chi connectivity index (χ4v) is 1.84. The Morgan fingerprint density at radius 2 is 1.87 bits per heavy atom. The van der Waals surface area contributed by atoms with Crippen LogP contribution in [0, 0.1) is 11.3 Å². The van der Waals surface area contributed by atoms with Crippen molar-refractivity contribution in [2.24, 2.45) is 16.3 Å². The van der Waals surface area contributed by atoms with Crippen LogP contribution in [0.15, 0.2) is 4.99 Å². The molecular weight excluding hydrogens is 407 g/mol. The maximum absolute atomic E-state index is 11.8. The van der Waals surface area contributed by atoms with Gasteiger partial charge < -0.3 is 20.3 Å². The van der Waals surface area contributed by atoms with Crippen LogP contribution in [0.5, 0.6) is 0 Å². The van der Waals surface area contributed by atoms with E-state index in [0.29, 0.717) is 19.7 Å². The summed E-state index contributed by atoms with van der Waals surface area (Å²) in [6, 6.07) is 0. The normalized spacial score (nSPS) is 14.9. The van der Waals surface area contributed by atoms with Gasteiger partial charge in [0.1, 0.15) is 0 Å². The summed E-state index contributed by atoms with van der Waals surface area (Å²) in [6.45, 7) is 9.37. The molecule has 7 heteroatoms. The maximum Gasteiger partial charge on any atom is 0.225 e. The lowest BCUT2D eigenvalue weighted by Gasteiger charge is -2.23. The minimum absolute atomic E-state index is 0. The molecule has 0 heterocycles. The predicted molar refractivity (Wildman–Crippen MR) is 105 cm³/mol. The second-order valence-electron chi connectivity index (χ2n) is 6.92. The van der Waals surface area contributed by atoms with Crippen LogP contribution in [-0.2, 0) is 9.53 Å². The van der Waals surface area contributed by atoms with E-state index in [9.17, 15) is 4.79 Å². The molecule has 0 radical (unpaired) electrons. The Hall–Kier alpha value is -0.570. The maximum atomic E-state index is 11.8. The minimum atomic E-state index is -0.350. The zero-order valence-corrected chi connectivity index (χ0v) is 17.5. The summed E-state index contributed by atoms with van der Waals surface area (Å²) < 4.78 is 5.64. The van der Waals surface area contributed by atoms with Crippen molar-refractivity contribution >= 4 is 35.8 Å². The lowest BCUT2D eigenvalue weighted by Crippen LogP contribution is -2.44. The number of hydrogen-bond donors (Lipinski definition) is 2. The van der Waals surface area contributed by atoms with E-state index in [1.165, 1.54) is 12.8 Å². The van der Waals surface area contributed by atoms with E-state index < -0.39 is 0 Å². The van der Waals surface area contributed by atoms with E-state index in [1.54, 1.807) is 7.05 Å². The zero-order chi connectivity index (χ0) is 16.6. The Bertz CT molecular complexity index is 379. The molecule has 0 aromatic heterocycles. The van der Waals surface area contributed by atoms with Crippen LogP contribution in [0.25, 0.3) is 0 Å². The van der Waals surface area contributed by atoms with Gasteiger partial charge in [0.2, 0.25) is 5.91 Å². The van der Waals surface area contributed by atoms with Gasteiger partial charge in [-0.3, -0.25) is 9.79 Å². The first-order valence-corrected chi connectivity index (χ1v) is 8.12. The van der Waals surface area contributed by atoms with Crippen LogP contribution in [-0.4, -0.2) is 63.7 Å². The number of nitrogens with zero attached hydrogens (tertiary/aromatic N) is 2. The molecule has 1 amide bonds. The predicted octanol–water partition coefficient (Wildman–Crippen LogP) is 1.70. The molecule has 2 N–H and O–H groups in total. The molecule has 0 aromatic rings. The molecule has 0 aromatic carbocycles. The third kappa shape index (κ3) is 10.0. The van der Waals surface area contributed by atoms with Crippen LogP contribution in [0.2, 0.25) is 0 Å². The van der Waals surface area contributed by atoms with Gasteiger partial charge in [-0.2, -0.15) is 0 Å². The van der Waals surface area contributed by atoms with Gasteiger partial charge in [0.05, 0.1) is 6.61 Å². The fourth-order valence-electron chi connectivity index (χ4n) is 1.84. The van der Waals surface area contributed by atoms with Crippen LogP contribution in [0.4, 0.5) is 0 Å². The average Bonchev–Trinajstić information content (AvgIpc) is 3.26. The first-order valence-electron chi connectivity index (χ1n) is 8.12. The van der Waals surface area contributed by atoms with Crippen molar-refractivity contribution in [3.8, 4) is 0 Å². The van der Waals surface area contributed by atoms with Crippen molar-refractivity contribution in [3.63, 3.8) is 0 Å². The molecule has 0 bridgehead atoms. The van der Waals surface area contributed by atoms with E-state index in [-0.39, 0.29) is 35.3 Å². The Morgan fingerprint density at radius 1 is 1.26 bits per heavy atom. The minimum Gasteiger partial charge on any atom is -0.379 e. The van der Waals surface area contributed by atoms with Gasteiger partial charge in [-0.05, 0) is 18.8 Å². The number of carbonyl (C=O) groups excluding carboxylic acids is 1. The number of aliphatic imine (C=N–C) groups is 1. The van der Waals surface area contributed by atoms with Gasteiger partial charge in [0.25, 0.3) is 0 Å². The van der Waals surface area contributed by atoms with Gasteiger partial charge in [-0.25, -0.2) is 0 Å². The topological polar surface area (TPSA) is 66.0 Å². The molecule has 1 saturated carbocycles. The second kappa shape index (κ2) is 11.1. The first kappa shape index (κ1) is 22.4. The molecule has 0 aliphatic heterocycles. The number of hydrogen-bond acceptors (Lipinski definition) is 3. The van der Waals surface area contributed by atoms with Crippen molar-refractivity contribution in [1.82, 2.24) is 15.5 Å². The fraction of sp³-hybridized carbons (Fsp3) is 0.875. The summed E-state index contributed by atoms with van der Waals surface area (Å²) in [5, 5.41) is 6.16. The number of rotatable bonds is 8. The molecule has 1 aliphatic rings. The summed E-state index contributed by atoms with van der Waals surface area (Å²) in [5.74, 6) is 1.68. The molecule has 0 spiro atoms. The van der Waals surface area contributed by atoms with Gasteiger partial charge in [0.15, 0.2) is 5.96 Å². The Labute approximate surface area is 157 Å². The zero-order valence-electron chi connectivity index (χ0n) is 15.1. The van der Waals surface area contributed by atoms with Crippen LogP contribution in [0.1, 0.15) is 33.6 Å². The smallest absolute Gasteiger partial charge is 0.225 e. The highest BCUT2D eigenvalue weighted by Crippen LogP contribution is 2.28. The number of likely N-dealkylation sites (N-methyl/N-ethyl adjacent to an activating group) is 1. The lowest BCUT2D eigenvalue weighted by atomic mass is 9.96. The summed E-state index contributed by atoms with van der Waals surface area (Å²) in [7, 11) is 3.75. The molecule has 1 aliphatic carbocycles. The van der Waals surface area contributed by atoms with E-state index in [0.717, 1.165) is 25.0 Å². The standard InChI is InChI=1S/C16H32N4O2.HI/c1-16(2,3)14(21)18-8-9-19-15(17-4)20(5)10-11-22-12-13-6-7-13;/h13H,6-12H2,1-5H3,(H,17,19)(H,18,21);1H. The summed E-state index contributed by atoms with van der Waals surface area (Å²) >= 11 is 0. The lowest BCUT2D eigenvalue weighted by molar-refractivity contribution is -0.128. The largest absolute Gasteiger partial charge is 0.379 e. The highest BCUT2D eigenvalue weighted by atomic mass is 127. The van der Waals surface area contributed by atoms with Crippen molar-refractivity contribution in [3.05, 3.63) is 0 Å². The molecule has 0 unspecified atom stereocenters. The molecule has 0 saturated heterocycles. The third-order valence-corrected chi connectivity index (χ3v) is 3.57. The first-order chi connectivity index (χ1) is 10.3. The number of carbonyl (C=O) groups is 1. The summed E-state index contributed by atoms with van der Waals surface area (Å²) in [5.41, 5.74) is -0.350. The van der Waals surface area contributed by atoms with Gasteiger partial charge in [-0.15, -0.1) is 24.0 Å². The van der Waals surface area contributed by atoms with Gasteiger partial charge >= 0.3 is 0 Å². The highest BCUT2D eigenvalue weighted by molar-refractivity contribution is 14.0. The monoisotopic (exact) mass is 440 g/mol. The van der Waals surface area contributed by atoms with Crippen LogP contribution < -0.4 is 10.6 Å². The van der Waals surface area contributed by atoms with Crippen LogP contribution in [0.3, 0.4) is 0 Å². The molecule has 23 heavy (non-hydrogen) atoms. The Balaban J connectivity index is 0.00000484. The van der Waals surface area contributed by atoms with E-state index in [2.05, 4.69) is 15.6 Å². The number of amides is 1. The van der Waals surface area contributed by atoms with Crippen molar-refractivity contribution in [1.29, 1.82) is 0 Å².